The van der Waals surface area contributed by atoms with Gasteiger partial charge in [0.1, 0.15) is 11.0 Å². The second kappa shape index (κ2) is 8.27. The van der Waals surface area contributed by atoms with E-state index in [0.717, 1.165) is 31.8 Å². The molecule has 0 aliphatic heterocycles. The number of phenols is 1. The van der Waals surface area contributed by atoms with Crippen LogP contribution in [0.3, 0.4) is 0 Å². The quantitative estimate of drug-likeness (QED) is 0.431. The summed E-state index contributed by atoms with van der Waals surface area (Å²) in [6, 6.07) is 14.8. The highest BCUT2D eigenvalue weighted by atomic mass is 32.1. The Balaban J connectivity index is 1.66. The predicted molar refractivity (Wildman–Crippen MR) is 115 cm³/mol. The minimum atomic E-state index is 0.0627. The van der Waals surface area contributed by atoms with Gasteiger partial charge in [0.2, 0.25) is 0 Å². The molecular formula is C22H17N5O2S. The molecule has 0 amide bonds. The van der Waals surface area contributed by atoms with Gasteiger partial charge in [-0.15, -0.1) is 16.5 Å². The molecule has 0 aliphatic rings. The van der Waals surface area contributed by atoms with E-state index in [9.17, 15) is 10.4 Å². The molecule has 2 aromatic heterocycles. The van der Waals surface area contributed by atoms with E-state index in [1.165, 1.54) is 24.8 Å². The van der Waals surface area contributed by atoms with Crippen molar-refractivity contribution in [3.8, 4) is 28.0 Å². The fraction of sp³-hybridized carbons (Fsp3) is 0.136. The van der Waals surface area contributed by atoms with Gasteiger partial charge in [-0.1, -0.05) is 18.2 Å². The van der Waals surface area contributed by atoms with Gasteiger partial charge in [-0.05, 0) is 47.9 Å². The summed E-state index contributed by atoms with van der Waals surface area (Å²) in [4.78, 5) is 9.72. The van der Waals surface area contributed by atoms with E-state index in [-0.39, 0.29) is 5.75 Å². The van der Waals surface area contributed by atoms with Crippen LogP contribution in [0.25, 0.3) is 20.7 Å². The number of hydrogen-bond acceptors (Lipinski definition) is 8. The van der Waals surface area contributed by atoms with Crippen LogP contribution in [-0.4, -0.2) is 22.2 Å². The topological polar surface area (TPSA) is 104 Å². The summed E-state index contributed by atoms with van der Waals surface area (Å²) in [5, 5.41) is 27.6. The largest absolute Gasteiger partial charge is 0.504 e. The van der Waals surface area contributed by atoms with Gasteiger partial charge in [-0.25, -0.2) is 9.97 Å². The molecule has 148 valence electrons. The molecule has 4 aromatic rings. The van der Waals surface area contributed by atoms with Crippen LogP contribution >= 0.6 is 11.3 Å². The maximum atomic E-state index is 9.89. The molecule has 0 radical (unpaired) electrons. The van der Waals surface area contributed by atoms with E-state index in [2.05, 4.69) is 26.3 Å². The standard InChI is InChI=1S/C22H17N5O2S/c1-13-19-21(30-20(13)16-5-3-4-14(8-16)10-23)22(25-12-24-19)27-26-11-15-6-7-18(29-2)17(28)9-15/h3-9,12,28H,11H2,1-2H3. The van der Waals surface area contributed by atoms with Crippen molar-refractivity contribution in [3.05, 3.63) is 65.5 Å². The zero-order valence-electron chi connectivity index (χ0n) is 16.3. The molecule has 30 heavy (non-hydrogen) atoms. The van der Waals surface area contributed by atoms with Crippen LogP contribution in [0.2, 0.25) is 0 Å². The van der Waals surface area contributed by atoms with Crippen molar-refractivity contribution < 1.29 is 9.84 Å². The number of nitrogens with zero attached hydrogens (tertiary/aromatic N) is 5. The van der Waals surface area contributed by atoms with Gasteiger partial charge in [0.25, 0.3) is 0 Å². The number of aromatic nitrogens is 2. The van der Waals surface area contributed by atoms with Crippen LogP contribution in [-0.2, 0) is 6.54 Å². The highest BCUT2D eigenvalue weighted by Gasteiger charge is 2.15. The van der Waals surface area contributed by atoms with Gasteiger partial charge in [0.15, 0.2) is 17.3 Å². The zero-order chi connectivity index (χ0) is 21.1. The third-order valence-corrected chi connectivity index (χ3v) is 5.93. The Hall–Kier alpha value is -3.83. The molecule has 0 unspecified atom stereocenters. The third-order valence-electron chi connectivity index (χ3n) is 4.60. The van der Waals surface area contributed by atoms with Gasteiger partial charge in [0.05, 0.1) is 30.8 Å². The van der Waals surface area contributed by atoms with E-state index in [1.807, 2.05) is 31.2 Å². The fourth-order valence-corrected chi connectivity index (χ4v) is 4.29. The number of ether oxygens (including phenoxy) is 1. The molecule has 0 spiro atoms. The number of nitriles is 1. The fourth-order valence-electron chi connectivity index (χ4n) is 3.11. The number of benzene rings is 2. The number of fused-ring (bicyclic) bond motifs is 1. The Labute approximate surface area is 177 Å². The number of phenolic OH excluding ortho intramolecular Hbond substituents is 1. The lowest BCUT2D eigenvalue weighted by Gasteiger charge is -2.03. The molecule has 0 fully saturated rings. The van der Waals surface area contributed by atoms with Crippen LogP contribution in [0.4, 0.5) is 5.82 Å². The molecule has 0 saturated heterocycles. The molecule has 1 N–H and O–H groups in total. The van der Waals surface area contributed by atoms with Gasteiger partial charge in [-0.3, -0.25) is 0 Å². The molecular weight excluding hydrogens is 398 g/mol. The van der Waals surface area contributed by atoms with E-state index >= 15 is 0 Å². The number of rotatable bonds is 5. The molecule has 0 atom stereocenters. The van der Waals surface area contributed by atoms with Gasteiger partial charge in [0, 0.05) is 4.88 Å². The molecule has 7 nitrogen and oxygen atoms in total. The lowest BCUT2D eigenvalue weighted by Crippen LogP contribution is -1.86. The Morgan fingerprint density at radius 2 is 2.07 bits per heavy atom. The first-order valence-corrected chi connectivity index (χ1v) is 9.90. The molecule has 8 heteroatoms. The first-order chi connectivity index (χ1) is 14.6. The van der Waals surface area contributed by atoms with Crippen LogP contribution in [0.15, 0.2) is 59.0 Å². The van der Waals surface area contributed by atoms with Crippen molar-refractivity contribution in [1.82, 2.24) is 9.97 Å². The first-order valence-electron chi connectivity index (χ1n) is 9.08. The summed E-state index contributed by atoms with van der Waals surface area (Å²) in [6.45, 7) is 2.30. The van der Waals surface area contributed by atoms with Crippen LogP contribution in [0.5, 0.6) is 11.5 Å². The minimum absolute atomic E-state index is 0.0627. The number of aryl methyl sites for hydroxylation is 1. The van der Waals surface area contributed by atoms with Crippen molar-refractivity contribution in [2.45, 2.75) is 13.5 Å². The summed E-state index contributed by atoms with van der Waals surface area (Å²) in [5.74, 6) is 0.969. The smallest absolute Gasteiger partial charge is 0.195 e. The average Bonchev–Trinajstić information content (AvgIpc) is 3.11. The molecule has 2 heterocycles. The molecule has 0 saturated carbocycles. The third kappa shape index (κ3) is 3.71. The summed E-state index contributed by atoms with van der Waals surface area (Å²) in [6.07, 6.45) is 1.48. The van der Waals surface area contributed by atoms with Gasteiger partial charge >= 0.3 is 0 Å². The molecule has 0 bridgehead atoms. The second-order valence-electron chi connectivity index (χ2n) is 6.53. The number of thiophene rings is 1. The van der Waals surface area contributed by atoms with E-state index < -0.39 is 0 Å². The van der Waals surface area contributed by atoms with Crippen molar-refractivity contribution in [3.63, 3.8) is 0 Å². The summed E-state index contributed by atoms with van der Waals surface area (Å²) >= 11 is 1.53. The van der Waals surface area contributed by atoms with Gasteiger partial charge in [-0.2, -0.15) is 10.4 Å². The Morgan fingerprint density at radius 1 is 1.20 bits per heavy atom. The monoisotopic (exact) mass is 415 g/mol. The highest BCUT2D eigenvalue weighted by Crippen LogP contribution is 2.40. The number of azo groups is 1. The van der Waals surface area contributed by atoms with Crippen molar-refractivity contribution >= 4 is 27.4 Å². The average molecular weight is 415 g/mol. The normalized spacial score (nSPS) is 11.1. The van der Waals surface area contributed by atoms with E-state index in [4.69, 9.17) is 4.74 Å². The van der Waals surface area contributed by atoms with Crippen molar-refractivity contribution in [1.29, 1.82) is 5.26 Å². The molecule has 4 rings (SSSR count). The lowest BCUT2D eigenvalue weighted by molar-refractivity contribution is 0.373. The number of hydrogen-bond donors (Lipinski definition) is 1. The maximum absolute atomic E-state index is 9.89. The molecule has 2 aromatic carbocycles. The van der Waals surface area contributed by atoms with Crippen molar-refractivity contribution in [2.24, 2.45) is 10.2 Å². The number of methoxy groups -OCH3 is 1. The first kappa shape index (κ1) is 19.5. The van der Waals surface area contributed by atoms with Crippen molar-refractivity contribution in [2.75, 3.05) is 7.11 Å². The molecule has 0 aliphatic carbocycles. The summed E-state index contributed by atoms with van der Waals surface area (Å²) < 4.78 is 5.89. The van der Waals surface area contributed by atoms with E-state index in [0.29, 0.717) is 23.7 Å². The Kier molecular flexibility index (Phi) is 5.37. The maximum Gasteiger partial charge on any atom is 0.195 e. The van der Waals surface area contributed by atoms with Crippen LogP contribution in [0, 0.1) is 18.3 Å². The minimum Gasteiger partial charge on any atom is -0.504 e. The second-order valence-corrected chi connectivity index (χ2v) is 7.55. The number of aromatic hydroxyl groups is 1. The zero-order valence-corrected chi connectivity index (χ0v) is 17.1. The summed E-state index contributed by atoms with van der Waals surface area (Å²) in [5.41, 5.74) is 4.22. The van der Waals surface area contributed by atoms with Crippen LogP contribution in [0.1, 0.15) is 16.7 Å². The predicted octanol–water partition coefficient (Wildman–Crippen LogP) is 5.54. The van der Waals surface area contributed by atoms with Gasteiger partial charge < -0.3 is 9.84 Å². The Bertz CT molecular complexity index is 1310. The van der Waals surface area contributed by atoms with E-state index in [1.54, 1.807) is 18.2 Å². The summed E-state index contributed by atoms with van der Waals surface area (Å²) in [7, 11) is 1.50. The van der Waals surface area contributed by atoms with Crippen LogP contribution < -0.4 is 4.74 Å². The lowest BCUT2D eigenvalue weighted by atomic mass is 10.1. The SMILES string of the molecule is COc1ccc(CN=Nc2ncnc3c(C)c(-c4cccc(C#N)c4)sc23)cc1O. The highest BCUT2D eigenvalue weighted by molar-refractivity contribution is 7.23. The Morgan fingerprint density at radius 3 is 2.83 bits per heavy atom.